The summed E-state index contributed by atoms with van der Waals surface area (Å²) >= 11 is 0. The lowest BCUT2D eigenvalue weighted by Crippen LogP contribution is -1.89. The van der Waals surface area contributed by atoms with E-state index in [2.05, 4.69) is 0 Å². The van der Waals surface area contributed by atoms with Crippen LogP contribution in [0, 0.1) is 22.9 Å². The molecular weight excluding hydrogens is 221 g/mol. The molecule has 2 rings (SSSR count). The van der Waals surface area contributed by atoms with Crippen LogP contribution in [0.3, 0.4) is 0 Å². The first-order valence-corrected chi connectivity index (χ1v) is 5.09. The molecule has 2 aromatic rings. The van der Waals surface area contributed by atoms with E-state index in [0.29, 0.717) is 16.7 Å². The Kier molecular flexibility index (Phi) is 2.87. The summed E-state index contributed by atoms with van der Waals surface area (Å²) in [7, 11) is 0. The SMILES string of the molecule is Cc1ccc(-c2cccc([N+](=O)[O-])c2)cc1F. The zero-order chi connectivity index (χ0) is 12.4. The molecule has 0 aliphatic heterocycles. The predicted octanol–water partition coefficient (Wildman–Crippen LogP) is 3.71. The first-order valence-electron chi connectivity index (χ1n) is 5.09. The number of rotatable bonds is 2. The minimum absolute atomic E-state index is 0.00323. The van der Waals surface area contributed by atoms with Gasteiger partial charge in [0.25, 0.3) is 5.69 Å². The molecule has 2 aromatic carbocycles. The zero-order valence-corrected chi connectivity index (χ0v) is 9.18. The van der Waals surface area contributed by atoms with Crippen LogP contribution in [-0.4, -0.2) is 4.92 Å². The Balaban J connectivity index is 2.49. The summed E-state index contributed by atoms with van der Waals surface area (Å²) < 4.78 is 13.4. The maximum Gasteiger partial charge on any atom is 0.270 e. The van der Waals surface area contributed by atoms with E-state index >= 15 is 0 Å². The van der Waals surface area contributed by atoms with Crippen LogP contribution in [0.4, 0.5) is 10.1 Å². The van der Waals surface area contributed by atoms with Crippen molar-refractivity contribution in [2.75, 3.05) is 0 Å². The summed E-state index contributed by atoms with van der Waals surface area (Å²) in [5, 5.41) is 10.6. The van der Waals surface area contributed by atoms with E-state index in [1.54, 1.807) is 31.2 Å². The fraction of sp³-hybridized carbons (Fsp3) is 0.0769. The van der Waals surface area contributed by atoms with E-state index in [9.17, 15) is 14.5 Å². The van der Waals surface area contributed by atoms with Gasteiger partial charge in [-0.15, -0.1) is 0 Å². The molecule has 0 aliphatic rings. The van der Waals surface area contributed by atoms with E-state index in [1.807, 2.05) is 0 Å². The van der Waals surface area contributed by atoms with E-state index in [0.717, 1.165) is 0 Å². The van der Waals surface area contributed by atoms with E-state index in [1.165, 1.54) is 18.2 Å². The average molecular weight is 231 g/mol. The van der Waals surface area contributed by atoms with Gasteiger partial charge >= 0.3 is 0 Å². The molecule has 0 amide bonds. The molecule has 86 valence electrons. The highest BCUT2D eigenvalue weighted by molar-refractivity contribution is 5.66. The normalized spacial score (nSPS) is 10.2. The second-order valence-electron chi connectivity index (χ2n) is 3.77. The molecule has 0 heterocycles. The number of aryl methyl sites for hydroxylation is 1. The van der Waals surface area contributed by atoms with Crippen LogP contribution in [0.2, 0.25) is 0 Å². The summed E-state index contributed by atoms with van der Waals surface area (Å²) in [6, 6.07) is 10.9. The van der Waals surface area contributed by atoms with Crippen LogP contribution >= 0.6 is 0 Å². The fourth-order valence-corrected chi connectivity index (χ4v) is 1.57. The fourth-order valence-electron chi connectivity index (χ4n) is 1.57. The lowest BCUT2D eigenvalue weighted by Gasteiger charge is -2.03. The molecule has 0 aliphatic carbocycles. The van der Waals surface area contributed by atoms with Crippen molar-refractivity contribution in [1.82, 2.24) is 0 Å². The molecule has 0 spiro atoms. The number of nitro groups is 1. The molecule has 0 unspecified atom stereocenters. The van der Waals surface area contributed by atoms with Gasteiger partial charge < -0.3 is 0 Å². The van der Waals surface area contributed by atoms with Crippen molar-refractivity contribution < 1.29 is 9.31 Å². The van der Waals surface area contributed by atoms with Crippen molar-refractivity contribution in [3.05, 3.63) is 64.0 Å². The first kappa shape index (κ1) is 11.3. The van der Waals surface area contributed by atoms with E-state index in [4.69, 9.17) is 0 Å². The maximum absolute atomic E-state index is 13.4. The van der Waals surface area contributed by atoms with Crippen LogP contribution in [0.15, 0.2) is 42.5 Å². The van der Waals surface area contributed by atoms with Gasteiger partial charge in [-0.3, -0.25) is 10.1 Å². The molecule has 0 radical (unpaired) electrons. The number of nitro benzene ring substituents is 1. The van der Waals surface area contributed by atoms with Crippen LogP contribution in [-0.2, 0) is 0 Å². The smallest absolute Gasteiger partial charge is 0.258 e. The van der Waals surface area contributed by atoms with Crippen LogP contribution < -0.4 is 0 Å². The summed E-state index contributed by atoms with van der Waals surface area (Å²) in [4.78, 5) is 10.2. The van der Waals surface area contributed by atoms with Crippen molar-refractivity contribution in [3.8, 4) is 11.1 Å². The average Bonchev–Trinajstić information content (AvgIpc) is 2.33. The second kappa shape index (κ2) is 4.33. The molecule has 4 heteroatoms. The minimum Gasteiger partial charge on any atom is -0.258 e. The minimum atomic E-state index is -0.464. The largest absolute Gasteiger partial charge is 0.270 e. The Morgan fingerprint density at radius 1 is 1.12 bits per heavy atom. The van der Waals surface area contributed by atoms with Crippen LogP contribution in [0.25, 0.3) is 11.1 Å². The second-order valence-corrected chi connectivity index (χ2v) is 3.77. The summed E-state index contributed by atoms with van der Waals surface area (Å²) in [5.74, 6) is -0.311. The molecule has 3 nitrogen and oxygen atoms in total. The van der Waals surface area contributed by atoms with Gasteiger partial charge in [-0.25, -0.2) is 4.39 Å². The first-order chi connectivity index (χ1) is 8.08. The summed E-state index contributed by atoms with van der Waals surface area (Å²) in [6.07, 6.45) is 0. The number of non-ortho nitro benzene ring substituents is 1. The maximum atomic E-state index is 13.4. The summed E-state index contributed by atoms with van der Waals surface area (Å²) in [6.45, 7) is 1.67. The highest BCUT2D eigenvalue weighted by Crippen LogP contribution is 2.25. The third-order valence-corrected chi connectivity index (χ3v) is 2.56. The van der Waals surface area contributed by atoms with Gasteiger partial charge in [-0.1, -0.05) is 24.3 Å². The van der Waals surface area contributed by atoms with Gasteiger partial charge in [0, 0.05) is 12.1 Å². The van der Waals surface area contributed by atoms with Gasteiger partial charge in [0.15, 0.2) is 0 Å². The van der Waals surface area contributed by atoms with Crippen molar-refractivity contribution in [3.63, 3.8) is 0 Å². The Morgan fingerprint density at radius 3 is 2.47 bits per heavy atom. The number of hydrogen-bond donors (Lipinski definition) is 0. The van der Waals surface area contributed by atoms with Crippen molar-refractivity contribution in [1.29, 1.82) is 0 Å². The highest BCUT2D eigenvalue weighted by atomic mass is 19.1. The number of hydrogen-bond acceptors (Lipinski definition) is 2. The molecule has 0 saturated heterocycles. The molecule has 0 atom stereocenters. The molecule has 0 fully saturated rings. The van der Waals surface area contributed by atoms with Crippen molar-refractivity contribution >= 4 is 5.69 Å². The van der Waals surface area contributed by atoms with Crippen molar-refractivity contribution in [2.45, 2.75) is 6.92 Å². The molecule has 0 saturated carbocycles. The number of halogens is 1. The lowest BCUT2D eigenvalue weighted by atomic mass is 10.0. The third kappa shape index (κ3) is 2.30. The van der Waals surface area contributed by atoms with Gasteiger partial charge in [-0.05, 0) is 29.7 Å². The quantitative estimate of drug-likeness (QED) is 0.584. The Hall–Kier alpha value is -2.23. The van der Waals surface area contributed by atoms with Crippen molar-refractivity contribution in [2.24, 2.45) is 0 Å². The zero-order valence-electron chi connectivity index (χ0n) is 9.18. The summed E-state index contributed by atoms with van der Waals surface area (Å²) in [5.41, 5.74) is 1.83. The van der Waals surface area contributed by atoms with Crippen LogP contribution in [0.5, 0.6) is 0 Å². The lowest BCUT2D eigenvalue weighted by molar-refractivity contribution is -0.384. The van der Waals surface area contributed by atoms with Gasteiger partial charge in [0.05, 0.1) is 4.92 Å². The topological polar surface area (TPSA) is 43.1 Å². The van der Waals surface area contributed by atoms with Gasteiger partial charge in [0.1, 0.15) is 5.82 Å². The predicted molar refractivity (Wildman–Crippen MR) is 63.2 cm³/mol. The van der Waals surface area contributed by atoms with Gasteiger partial charge in [0.2, 0.25) is 0 Å². The number of benzene rings is 2. The van der Waals surface area contributed by atoms with E-state index in [-0.39, 0.29) is 11.5 Å². The Morgan fingerprint density at radius 2 is 1.82 bits per heavy atom. The monoisotopic (exact) mass is 231 g/mol. The Bertz CT molecular complexity index is 581. The molecule has 0 aromatic heterocycles. The van der Waals surface area contributed by atoms with E-state index < -0.39 is 4.92 Å². The number of nitrogens with zero attached hydrogens (tertiary/aromatic N) is 1. The molecule has 0 bridgehead atoms. The molecule has 0 N–H and O–H groups in total. The molecular formula is C13H10FNO2. The molecule has 17 heavy (non-hydrogen) atoms. The third-order valence-electron chi connectivity index (χ3n) is 2.56. The highest BCUT2D eigenvalue weighted by Gasteiger charge is 2.08. The standard InChI is InChI=1S/C13H10FNO2/c1-9-5-6-11(8-13(9)14)10-3-2-4-12(7-10)15(16)17/h2-8H,1H3. The van der Waals surface area contributed by atoms with Crippen LogP contribution in [0.1, 0.15) is 5.56 Å². The Labute approximate surface area is 97.7 Å². The van der Waals surface area contributed by atoms with Gasteiger partial charge in [-0.2, -0.15) is 0 Å².